The zero-order valence-electron chi connectivity index (χ0n) is 11.7. The molecule has 0 unspecified atom stereocenters. The molecule has 1 amide bonds. The van der Waals surface area contributed by atoms with E-state index < -0.39 is 0 Å². The summed E-state index contributed by atoms with van der Waals surface area (Å²) in [7, 11) is 0. The SMILES string of the molecule is Cc1cc(Br)ccc1NC(=O)c1c(C)nc2ccccn12. The Labute approximate surface area is 131 Å². The fraction of sp³-hybridized carbons (Fsp3) is 0.125. The maximum Gasteiger partial charge on any atom is 0.274 e. The van der Waals surface area contributed by atoms with Gasteiger partial charge in [-0.05, 0) is 49.7 Å². The van der Waals surface area contributed by atoms with Gasteiger partial charge in [-0.1, -0.05) is 22.0 Å². The summed E-state index contributed by atoms with van der Waals surface area (Å²) in [4.78, 5) is 17.0. The summed E-state index contributed by atoms with van der Waals surface area (Å²) >= 11 is 3.42. The minimum Gasteiger partial charge on any atom is -0.320 e. The Balaban J connectivity index is 1.99. The fourth-order valence-corrected chi connectivity index (χ4v) is 2.81. The highest BCUT2D eigenvalue weighted by molar-refractivity contribution is 9.10. The first-order chi connectivity index (χ1) is 10.1. The van der Waals surface area contributed by atoms with Crippen molar-refractivity contribution in [3.8, 4) is 0 Å². The van der Waals surface area contributed by atoms with Crippen LogP contribution in [-0.2, 0) is 0 Å². The highest BCUT2D eigenvalue weighted by Gasteiger charge is 2.16. The van der Waals surface area contributed by atoms with Gasteiger partial charge in [0.15, 0.2) is 0 Å². The smallest absolute Gasteiger partial charge is 0.274 e. The van der Waals surface area contributed by atoms with E-state index in [1.165, 1.54) is 0 Å². The maximum absolute atomic E-state index is 12.6. The molecule has 2 aromatic heterocycles. The second-order valence-electron chi connectivity index (χ2n) is 4.89. The predicted octanol–water partition coefficient (Wildman–Crippen LogP) is 3.97. The Morgan fingerprint density at radius 2 is 2.05 bits per heavy atom. The molecule has 0 saturated heterocycles. The van der Waals surface area contributed by atoms with Crippen LogP contribution < -0.4 is 5.32 Å². The number of aryl methyl sites for hydroxylation is 2. The lowest BCUT2D eigenvalue weighted by Crippen LogP contribution is -2.16. The van der Waals surface area contributed by atoms with Crippen LogP contribution in [0.2, 0.25) is 0 Å². The highest BCUT2D eigenvalue weighted by Crippen LogP contribution is 2.21. The zero-order valence-corrected chi connectivity index (χ0v) is 13.3. The molecule has 0 bridgehead atoms. The van der Waals surface area contributed by atoms with Gasteiger partial charge in [0.2, 0.25) is 0 Å². The van der Waals surface area contributed by atoms with Crippen LogP contribution in [0.25, 0.3) is 5.65 Å². The molecule has 1 N–H and O–H groups in total. The molecular weight excluding hydrogens is 330 g/mol. The molecule has 0 radical (unpaired) electrons. The Kier molecular flexibility index (Phi) is 3.51. The molecule has 1 aromatic carbocycles. The Morgan fingerprint density at radius 3 is 2.81 bits per heavy atom. The van der Waals surface area contributed by atoms with Crippen molar-refractivity contribution in [3.63, 3.8) is 0 Å². The van der Waals surface area contributed by atoms with E-state index in [1.807, 2.05) is 56.4 Å². The van der Waals surface area contributed by atoms with Gasteiger partial charge in [-0.2, -0.15) is 0 Å². The van der Waals surface area contributed by atoms with Crippen LogP contribution in [0.4, 0.5) is 5.69 Å². The van der Waals surface area contributed by atoms with Crippen LogP contribution in [0.5, 0.6) is 0 Å². The van der Waals surface area contributed by atoms with E-state index in [0.29, 0.717) is 11.4 Å². The van der Waals surface area contributed by atoms with E-state index >= 15 is 0 Å². The number of aromatic nitrogens is 2. The molecule has 3 aromatic rings. The van der Waals surface area contributed by atoms with Crippen LogP contribution in [0.15, 0.2) is 47.1 Å². The summed E-state index contributed by atoms with van der Waals surface area (Å²) in [5.41, 5.74) is 3.85. The number of imidazole rings is 1. The monoisotopic (exact) mass is 343 g/mol. The largest absolute Gasteiger partial charge is 0.320 e. The second-order valence-corrected chi connectivity index (χ2v) is 5.80. The minimum atomic E-state index is -0.156. The quantitative estimate of drug-likeness (QED) is 0.765. The van der Waals surface area contributed by atoms with Gasteiger partial charge in [-0.3, -0.25) is 9.20 Å². The Hall–Kier alpha value is -2.14. The van der Waals surface area contributed by atoms with Crippen molar-refractivity contribution in [2.24, 2.45) is 0 Å². The molecular formula is C16H14BrN3O. The molecule has 0 saturated carbocycles. The van der Waals surface area contributed by atoms with Gasteiger partial charge in [0, 0.05) is 16.4 Å². The van der Waals surface area contributed by atoms with E-state index in [2.05, 4.69) is 26.2 Å². The maximum atomic E-state index is 12.6. The number of halogens is 1. The van der Waals surface area contributed by atoms with Gasteiger partial charge in [0.1, 0.15) is 11.3 Å². The number of rotatable bonds is 2. The van der Waals surface area contributed by atoms with Gasteiger partial charge in [0.25, 0.3) is 5.91 Å². The third-order valence-corrected chi connectivity index (χ3v) is 3.85. The number of pyridine rings is 1. The molecule has 4 nitrogen and oxygen atoms in total. The number of benzene rings is 1. The van der Waals surface area contributed by atoms with Crippen LogP contribution in [0.3, 0.4) is 0 Å². The van der Waals surface area contributed by atoms with Crippen molar-refractivity contribution >= 4 is 33.2 Å². The molecule has 5 heteroatoms. The van der Waals surface area contributed by atoms with Crippen molar-refractivity contribution < 1.29 is 4.79 Å². The molecule has 0 fully saturated rings. The van der Waals surface area contributed by atoms with E-state index in [-0.39, 0.29) is 5.91 Å². The van der Waals surface area contributed by atoms with E-state index in [1.54, 1.807) is 4.40 Å². The number of hydrogen-bond acceptors (Lipinski definition) is 2. The average molecular weight is 344 g/mol. The summed E-state index contributed by atoms with van der Waals surface area (Å²) in [5, 5.41) is 2.95. The summed E-state index contributed by atoms with van der Waals surface area (Å²) in [6.07, 6.45) is 1.85. The Morgan fingerprint density at radius 1 is 1.24 bits per heavy atom. The van der Waals surface area contributed by atoms with Crippen LogP contribution in [-0.4, -0.2) is 15.3 Å². The van der Waals surface area contributed by atoms with Gasteiger partial charge >= 0.3 is 0 Å². The normalized spacial score (nSPS) is 10.8. The molecule has 0 aliphatic heterocycles. The van der Waals surface area contributed by atoms with Gasteiger partial charge in [0.05, 0.1) is 5.69 Å². The molecule has 0 atom stereocenters. The van der Waals surface area contributed by atoms with Gasteiger partial charge < -0.3 is 5.32 Å². The van der Waals surface area contributed by atoms with Gasteiger partial charge in [-0.15, -0.1) is 0 Å². The standard InChI is InChI=1S/C16H14BrN3O/c1-10-9-12(17)6-7-13(10)19-16(21)15-11(2)18-14-5-3-4-8-20(14)15/h3-9H,1-2H3,(H,19,21). The first kappa shape index (κ1) is 13.8. The minimum absolute atomic E-state index is 0.156. The highest BCUT2D eigenvalue weighted by atomic mass is 79.9. The first-order valence-corrected chi connectivity index (χ1v) is 7.37. The number of carbonyl (C=O) groups is 1. The number of hydrogen-bond donors (Lipinski definition) is 1. The number of nitrogens with zero attached hydrogens (tertiary/aromatic N) is 2. The van der Waals surface area contributed by atoms with Crippen molar-refractivity contribution in [1.82, 2.24) is 9.38 Å². The molecule has 2 heterocycles. The van der Waals surface area contributed by atoms with Crippen LogP contribution in [0.1, 0.15) is 21.7 Å². The molecule has 0 spiro atoms. The van der Waals surface area contributed by atoms with E-state index in [9.17, 15) is 4.79 Å². The lowest BCUT2D eigenvalue weighted by molar-refractivity contribution is 0.102. The van der Waals surface area contributed by atoms with Crippen molar-refractivity contribution in [3.05, 3.63) is 64.0 Å². The second kappa shape index (κ2) is 5.33. The van der Waals surface area contributed by atoms with E-state index in [0.717, 1.165) is 21.4 Å². The molecule has 0 aliphatic rings. The van der Waals surface area contributed by atoms with Gasteiger partial charge in [-0.25, -0.2) is 4.98 Å². The fourth-order valence-electron chi connectivity index (χ4n) is 2.34. The number of anilines is 1. The van der Waals surface area contributed by atoms with Crippen molar-refractivity contribution in [1.29, 1.82) is 0 Å². The third kappa shape index (κ3) is 2.56. The molecule has 0 aliphatic carbocycles. The van der Waals surface area contributed by atoms with Crippen LogP contribution in [0, 0.1) is 13.8 Å². The molecule has 3 rings (SSSR count). The molecule has 106 valence electrons. The topological polar surface area (TPSA) is 46.4 Å². The summed E-state index contributed by atoms with van der Waals surface area (Å²) in [5.74, 6) is -0.156. The average Bonchev–Trinajstić information content (AvgIpc) is 2.77. The first-order valence-electron chi connectivity index (χ1n) is 6.57. The predicted molar refractivity (Wildman–Crippen MR) is 86.8 cm³/mol. The Bertz CT molecular complexity index is 839. The van der Waals surface area contributed by atoms with E-state index in [4.69, 9.17) is 0 Å². The summed E-state index contributed by atoms with van der Waals surface area (Å²) in [6.45, 7) is 3.80. The number of fused-ring (bicyclic) bond motifs is 1. The van der Waals surface area contributed by atoms with Crippen molar-refractivity contribution in [2.45, 2.75) is 13.8 Å². The lowest BCUT2D eigenvalue weighted by Gasteiger charge is -2.09. The summed E-state index contributed by atoms with van der Waals surface area (Å²) in [6, 6.07) is 11.4. The van der Waals surface area contributed by atoms with Crippen molar-refractivity contribution in [2.75, 3.05) is 5.32 Å². The molecule has 21 heavy (non-hydrogen) atoms. The lowest BCUT2D eigenvalue weighted by atomic mass is 10.2. The number of carbonyl (C=O) groups excluding carboxylic acids is 1. The number of nitrogens with one attached hydrogen (secondary N) is 1. The zero-order chi connectivity index (χ0) is 15.0. The van der Waals surface area contributed by atoms with Crippen LogP contribution >= 0.6 is 15.9 Å². The third-order valence-electron chi connectivity index (χ3n) is 3.36. The number of amides is 1. The summed E-state index contributed by atoms with van der Waals surface area (Å²) < 4.78 is 2.79.